The molecule has 1 aromatic rings. The van der Waals surface area contributed by atoms with Crippen LogP contribution in [0, 0.1) is 0 Å². The van der Waals surface area contributed by atoms with Crippen LogP contribution >= 0.6 is 0 Å². The van der Waals surface area contributed by atoms with E-state index in [1.54, 1.807) is 0 Å². The highest BCUT2D eigenvalue weighted by Crippen LogP contribution is 2.40. The summed E-state index contributed by atoms with van der Waals surface area (Å²) < 4.78 is 18.6. The number of hydrogen-bond donors (Lipinski definition) is 0. The predicted molar refractivity (Wildman–Crippen MR) is 139 cm³/mol. The molecule has 1 fully saturated rings. The van der Waals surface area contributed by atoms with E-state index in [4.69, 9.17) is 13.6 Å². The molecular weight excluding hydrogens is 412 g/mol. The summed E-state index contributed by atoms with van der Waals surface area (Å²) in [5.74, 6) is 2.48. The fraction of sp³-hybridized carbons (Fsp3) is 0.786. The molecule has 184 valence electrons. The maximum atomic E-state index is 6.42. The third-order valence-electron chi connectivity index (χ3n) is 6.51. The molecule has 0 radical (unpaired) electrons. The molecule has 0 spiro atoms. The Hall–Kier alpha value is -0.843. The Kier molecular flexibility index (Phi) is 13.0. The number of rotatable bonds is 15. The van der Waals surface area contributed by atoms with Crippen LogP contribution < -0.4 is 4.74 Å². The van der Waals surface area contributed by atoms with Gasteiger partial charge in [-0.1, -0.05) is 58.1 Å². The highest BCUT2D eigenvalue weighted by molar-refractivity contribution is 6.44. The summed E-state index contributed by atoms with van der Waals surface area (Å²) >= 11 is 0. The minimum absolute atomic E-state index is 0.232. The quantitative estimate of drug-likeness (QED) is 0.194. The molecule has 0 atom stereocenters. The van der Waals surface area contributed by atoms with Crippen molar-refractivity contribution in [2.24, 2.45) is 0 Å². The lowest BCUT2D eigenvalue weighted by Gasteiger charge is -2.26. The van der Waals surface area contributed by atoms with E-state index in [1.165, 1.54) is 68.9 Å². The Morgan fingerprint density at radius 1 is 0.906 bits per heavy atom. The molecular formula is C28H50O3Si. The fourth-order valence-corrected chi connectivity index (χ4v) is 7.12. The molecule has 32 heavy (non-hydrogen) atoms. The molecule has 0 heterocycles. The lowest BCUT2D eigenvalue weighted by atomic mass is 9.81. The minimum Gasteiger partial charge on any atom is -0.493 e. The number of benzene rings is 1. The maximum absolute atomic E-state index is 6.42. The Morgan fingerprint density at radius 2 is 1.53 bits per heavy atom. The van der Waals surface area contributed by atoms with Gasteiger partial charge in [-0.2, -0.15) is 0 Å². The zero-order valence-corrected chi connectivity index (χ0v) is 23.0. The lowest BCUT2D eigenvalue weighted by molar-refractivity contribution is 0.128. The van der Waals surface area contributed by atoms with Gasteiger partial charge in [-0.15, -0.1) is 0 Å². The smallest absolute Gasteiger partial charge is 0.321 e. The summed E-state index contributed by atoms with van der Waals surface area (Å²) in [6, 6.07) is 8.14. The average Bonchev–Trinajstić information content (AvgIpc) is 2.76. The van der Waals surface area contributed by atoms with E-state index < -0.39 is 9.28 Å². The van der Waals surface area contributed by atoms with Gasteiger partial charge in [0.25, 0.3) is 0 Å². The maximum Gasteiger partial charge on any atom is 0.321 e. The number of ether oxygens (including phenoxy) is 1. The molecule has 3 nitrogen and oxygen atoms in total. The Morgan fingerprint density at radius 3 is 2.09 bits per heavy atom. The van der Waals surface area contributed by atoms with Crippen molar-refractivity contribution in [1.29, 1.82) is 0 Å². The summed E-state index contributed by atoms with van der Waals surface area (Å²) in [7, 11) is -1.63. The molecule has 1 saturated carbocycles. The first-order chi connectivity index (χ1) is 15.4. The molecule has 0 aromatic heterocycles. The Bertz CT molecular complexity index is 609. The highest BCUT2D eigenvalue weighted by atomic mass is 28.3. The van der Waals surface area contributed by atoms with Crippen LogP contribution in [0.3, 0.4) is 0 Å². The summed E-state index contributed by atoms with van der Waals surface area (Å²) in [4.78, 5) is 0. The van der Waals surface area contributed by atoms with Gasteiger partial charge >= 0.3 is 9.28 Å². The molecule has 0 N–H and O–H groups in total. The molecule has 1 aliphatic carbocycles. The first-order valence-electron chi connectivity index (χ1n) is 13.5. The molecule has 0 amide bonds. The monoisotopic (exact) mass is 462 g/mol. The van der Waals surface area contributed by atoms with Crippen molar-refractivity contribution in [2.45, 2.75) is 136 Å². The van der Waals surface area contributed by atoms with Crippen LogP contribution in [0.15, 0.2) is 18.2 Å². The highest BCUT2D eigenvalue weighted by Gasteiger charge is 2.22. The summed E-state index contributed by atoms with van der Waals surface area (Å²) in [5.41, 5.74) is 3.01. The second kappa shape index (κ2) is 15.1. The molecule has 0 bridgehead atoms. The van der Waals surface area contributed by atoms with Crippen molar-refractivity contribution < 1.29 is 13.6 Å². The van der Waals surface area contributed by atoms with Gasteiger partial charge in [0.2, 0.25) is 0 Å². The van der Waals surface area contributed by atoms with E-state index in [1.807, 2.05) is 0 Å². The normalized spacial score (nSPS) is 15.4. The molecule has 4 heteroatoms. The first kappa shape index (κ1) is 27.4. The Balaban J connectivity index is 2.06. The standard InChI is InChI=1S/C28H50O3Si/c1-7-13-24(14-8-2)26-17-18-28(27(21-26)25-15-10-9-11-16-25)29-19-12-20-32(30-22(3)4)31-23(5)6/h17-18,21-25,32H,7-16,19-20H2,1-6H3. The van der Waals surface area contributed by atoms with Crippen molar-refractivity contribution >= 4 is 9.28 Å². The third-order valence-corrected chi connectivity index (χ3v) is 9.09. The van der Waals surface area contributed by atoms with Crippen molar-refractivity contribution in [3.05, 3.63) is 29.3 Å². The van der Waals surface area contributed by atoms with Crippen molar-refractivity contribution in [1.82, 2.24) is 0 Å². The van der Waals surface area contributed by atoms with E-state index in [0.29, 0.717) is 11.8 Å². The van der Waals surface area contributed by atoms with E-state index in [-0.39, 0.29) is 12.2 Å². The van der Waals surface area contributed by atoms with Crippen LogP contribution in [0.25, 0.3) is 0 Å². The first-order valence-corrected chi connectivity index (χ1v) is 15.3. The largest absolute Gasteiger partial charge is 0.493 e. The molecule has 1 aliphatic rings. The van der Waals surface area contributed by atoms with Gasteiger partial charge in [0.1, 0.15) is 5.75 Å². The van der Waals surface area contributed by atoms with Gasteiger partial charge in [-0.3, -0.25) is 0 Å². The van der Waals surface area contributed by atoms with E-state index >= 15 is 0 Å². The second-order valence-electron chi connectivity index (χ2n) is 10.2. The van der Waals surface area contributed by atoms with Crippen LogP contribution in [-0.4, -0.2) is 28.1 Å². The van der Waals surface area contributed by atoms with Crippen LogP contribution in [0.1, 0.15) is 129 Å². The van der Waals surface area contributed by atoms with E-state index in [0.717, 1.165) is 24.8 Å². The third kappa shape index (κ3) is 9.57. The van der Waals surface area contributed by atoms with Crippen LogP contribution in [0.2, 0.25) is 6.04 Å². The predicted octanol–water partition coefficient (Wildman–Crippen LogP) is 8.26. The molecule has 1 aromatic carbocycles. The summed E-state index contributed by atoms with van der Waals surface area (Å²) in [6.07, 6.45) is 13.3. The van der Waals surface area contributed by atoms with Gasteiger partial charge in [-0.05, 0) is 94.9 Å². The van der Waals surface area contributed by atoms with Gasteiger partial charge in [-0.25, -0.2) is 0 Å². The zero-order chi connectivity index (χ0) is 23.3. The van der Waals surface area contributed by atoms with Crippen LogP contribution in [0.5, 0.6) is 5.75 Å². The molecule has 2 rings (SSSR count). The van der Waals surface area contributed by atoms with Crippen molar-refractivity contribution in [2.75, 3.05) is 6.61 Å². The molecule has 0 unspecified atom stereocenters. The average molecular weight is 463 g/mol. The van der Waals surface area contributed by atoms with Gasteiger partial charge < -0.3 is 13.6 Å². The van der Waals surface area contributed by atoms with Crippen LogP contribution in [-0.2, 0) is 8.85 Å². The van der Waals surface area contributed by atoms with Crippen LogP contribution in [0.4, 0.5) is 0 Å². The summed E-state index contributed by atoms with van der Waals surface area (Å²) in [6.45, 7) is 13.8. The topological polar surface area (TPSA) is 27.7 Å². The van der Waals surface area contributed by atoms with Gasteiger partial charge in [0.15, 0.2) is 0 Å². The van der Waals surface area contributed by atoms with Gasteiger partial charge in [0, 0.05) is 12.2 Å². The summed E-state index contributed by atoms with van der Waals surface area (Å²) in [5, 5.41) is 0. The zero-order valence-electron chi connectivity index (χ0n) is 21.8. The van der Waals surface area contributed by atoms with Crippen molar-refractivity contribution in [3.63, 3.8) is 0 Å². The van der Waals surface area contributed by atoms with E-state index in [2.05, 4.69) is 59.7 Å². The van der Waals surface area contributed by atoms with Gasteiger partial charge in [0.05, 0.1) is 6.61 Å². The van der Waals surface area contributed by atoms with E-state index in [9.17, 15) is 0 Å². The number of hydrogen-bond acceptors (Lipinski definition) is 3. The second-order valence-corrected chi connectivity index (χ2v) is 12.2. The molecule has 0 saturated heterocycles. The SMILES string of the molecule is CCCC(CCC)c1ccc(OCCC[SiH](OC(C)C)OC(C)C)c(C2CCCCC2)c1. The Labute approximate surface area is 200 Å². The van der Waals surface area contributed by atoms with Crippen molar-refractivity contribution in [3.8, 4) is 5.75 Å². The molecule has 0 aliphatic heterocycles. The fourth-order valence-electron chi connectivity index (χ4n) is 5.07. The minimum atomic E-state index is -1.63. The lowest BCUT2D eigenvalue weighted by Crippen LogP contribution is -2.29.